The SMILES string of the molecule is Cc1ccccc1CCN1CCCC(CN(C)Cc2cnc(N(C)C)s2)C1. The van der Waals surface area contributed by atoms with Gasteiger partial charge >= 0.3 is 0 Å². The van der Waals surface area contributed by atoms with Gasteiger partial charge in [-0.3, -0.25) is 0 Å². The predicted molar refractivity (Wildman–Crippen MR) is 117 cm³/mol. The fourth-order valence-corrected chi connectivity index (χ4v) is 4.93. The number of rotatable bonds is 8. The maximum Gasteiger partial charge on any atom is 0.185 e. The van der Waals surface area contributed by atoms with Gasteiger partial charge in [-0.05, 0) is 56.8 Å². The minimum absolute atomic E-state index is 0.780. The van der Waals surface area contributed by atoms with Gasteiger partial charge in [0.25, 0.3) is 0 Å². The summed E-state index contributed by atoms with van der Waals surface area (Å²) in [4.78, 5) is 13.1. The highest BCUT2D eigenvalue weighted by atomic mass is 32.1. The molecule has 3 rings (SSSR count). The van der Waals surface area contributed by atoms with Crippen molar-refractivity contribution in [3.63, 3.8) is 0 Å². The average Bonchev–Trinajstić information content (AvgIpc) is 3.10. The summed E-state index contributed by atoms with van der Waals surface area (Å²) in [6, 6.07) is 8.81. The molecule has 0 bridgehead atoms. The zero-order valence-electron chi connectivity index (χ0n) is 17.3. The summed E-state index contributed by atoms with van der Waals surface area (Å²) in [5.74, 6) is 0.780. The van der Waals surface area contributed by atoms with Crippen molar-refractivity contribution in [3.05, 3.63) is 46.5 Å². The normalized spacial score (nSPS) is 18.2. The van der Waals surface area contributed by atoms with Crippen molar-refractivity contribution in [1.82, 2.24) is 14.8 Å². The molecule has 4 nitrogen and oxygen atoms in total. The van der Waals surface area contributed by atoms with Crippen molar-refractivity contribution in [2.75, 3.05) is 52.2 Å². The molecule has 2 heterocycles. The van der Waals surface area contributed by atoms with Gasteiger partial charge in [0.2, 0.25) is 0 Å². The highest BCUT2D eigenvalue weighted by Gasteiger charge is 2.21. The van der Waals surface area contributed by atoms with Crippen LogP contribution in [0, 0.1) is 12.8 Å². The highest BCUT2D eigenvalue weighted by molar-refractivity contribution is 7.15. The van der Waals surface area contributed by atoms with Crippen LogP contribution in [0.5, 0.6) is 0 Å². The quantitative estimate of drug-likeness (QED) is 0.686. The van der Waals surface area contributed by atoms with E-state index < -0.39 is 0 Å². The van der Waals surface area contributed by atoms with Gasteiger partial charge in [0.1, 0.15) is 0 Å². The van der Waals surface area contributed by atoms with Crippen LogP contribution in [-0.4, -0.2) is 62.1 Å². The number of thiazole rings is 1. The zero-order valence-corrected chi connectivity index (χ0v) is 18.1. The molecule has 2 aromatic rings. The van der Waals surface area contributed by atoms with Gasteiger partial charge in [-0.2, -0.15) is 0 Å². The van der Waals surface area contributed by atoms with Gasteiger partial charge < -0.3 is 14.7 Å². The predicted octanol–water partition coefficient (Wildman–Crippen LogP) is 3.90. The molecule has 0 spiro atoms. The number of benzene rings is 1. The smallest absolute Gasteiger partial charge is 0.185 e. The van der Waals surface area contributed by atoms with Crippen molar-refractivity contribution >= 4 is 16.5 Å². The standard InChI is InChI=1S/C22H34N4S/c1-18-8-5-6-10-20(18)11-13-26-12-7-9-19(16-26)15-25(4)17-21-14-23-22(27-21)24(2)3/h5-6,8,10,14,19H,7,9,11-13,15-17H2,1-4H3. The van der Waals surface area contributed by atoms with Gasteiger partial charge in [0, 0.05) is 51.3 Å². The van der Waals surface area contributed by atoms with Crippen LogP contribution in [-0.2, 0) is 13.0 Å². The summed E-state index contributed by atoms with van der Waals surface area (Å²) >= 11 is 1.80. The number of anilines is 1. The van der Waals surface area contributed by atoms with Crippen molar-refractivity contribution in [3.8, 4) is 0 Å². The monoisotopic (exact) mass is 386 g/mol. The van der Waals surface area contributed by atoms with E-state index in [1.807, 2.05) is 6.20 Å². The number of likely N-dealkylation sites (tertiary alicyclic amines) is 1. The lowest BCUT2D eigenvalue weighted by Gasteiger charge is -2.34. The minimum Gasteiger partial charge on any atom is -0.354 e. The molecule has 1 aliphatic rings. The Balaban J connectivity index is 1.45. The third-order valence-corrected chi connectivity index (χ3v) is 6.63. The van der Waals surface area contributed by atoms with E-state index in [4.69, 9.17) is 0 Å². The topological polar surface area (TPSA) is 22.6 Å². The van der Waals surface area contributed by atoms with Crippen LogP contribution in [0.25, 0.3) is 0 Å². The van der Waals surface area contributed by atoms with E-state index in [9.17, 15) is 0 Å². The summed E-state index contributed by atoms with van der Waals surface area (Å²) in [6.07, 6.45) is 5.89. The third-order valence-electron chi connectivity index (χ3n) is 5.48. The number of aromatic nitrogens is 1. The molecule has 148 valence electrons. The molecule has 1 aliphatic heterocycles. The molecule has 0 amide bonds. The van der Waals surface area contributed by atoms with Crippen molar-refractivity contribution < 1.29 is 0 Å². The maximum atomic E-state index is 4.50. The van der Waals surface area contributed by atoms with Crippen LogP contribution in [0.1, 0.15) is 28.8 Å². The van der Waals surface area contributed by atoms with Crippen molar-refractivity contribution in [2.24, 2.45) is 5.92 Å². The molecule has 0 N–H and O–H groups in total. The molecule has 0 radical (unpaired) electrons. The first kappa shape index (κ1) is 20.3. The Hall–Kier alpha value is -1.43. The molecule has 1 aromatic heterocycles. The number of hydrogen-bond donors (Lipinski definition) is 0. The second kappa shape index (κ2) is 9.67. The first-order valence-corrected chi connectivity index (χ1v) is 10.9. The molecule has 0 aliphatic carbocycles. The zero-order chi connectivity index (χ0) is 19.2. The van der Waals surface area contributed by atoms with Crippen LogP contribution >= 0.6 is 11.3 Å². The molecule has 0 saturated carbocycles. The highest BCUT2D eigenvalue weighted by Crippen LogP contribution is 2.23. The number of piperidine rings is 1. The maximum absolute atomic E-state index is 4.50. The van der Waals surface area contributed by atoms with E-state index >= 15 is 0 Å². The second-order valence-electron chi connectivity index (χ2n) is 8.19. The summed E-state index contributed by atoms with van der Waals surface area (Å²) in [7, 11) is 6.36. The summed E-state index contributed by atoms with van der Waals surface area (Å²) in [6.45, 7) is 8.09. The summed E-state index contributed by atoms with van der Waals surface area (Å²) in [5.41, 5.74) is 2.92. The van der Waals surface area contributed by atoms with Crippen LogP contribution in [0.15, 0.2) is 30.5 Å². The first-order valence-electron chi connectivity index (χ1n) is 10.1. The van der Waals surface area contributed by atoms with Gasteiger partial charge in [0.15, 0.2) is 5.13 Å². The Morgan fingerprint density at radius 1 is 1.22 bits per heavy atom. The van der Waals surface area contributed by atoms with Gasteiger partial charge in [0.05, 0.1) is 0 Å². The van der Waals surface area contributed by atoms with Crippen LogP contribution in [0.2, 0.25) is 0 Å². The van der Waals surface area contributed by atoms with E-state index in [-0.39, 0.29) is 0 Å². The van der Waals surface area contributed by atoms with Gasteiger partial charge in [-0.15, -0.1) is 11.3 Å². The fraction of sp³-hybridized carbons (Fsp3) is 0.591. The molecule has 1 unspecified atom stereocenters. The van der Waals surface area contributed by atoms with E-state index in [2.05, 4.69) is 72.0 Å². The molecule has 27 heavy (non-hydrogen) atoms. The van der Waals surface area contributed by atoms with E-state index in [0.29, 0.717) is 0 Å². The molecular formula is C22H34N4S. The lowest BCUT2D eigenvalue weighted by molar-refractivity contribution is 0.142. The minimum atomic E-state index is 0.780. The molecule has 1 saturated heterocycles. The number of hydrogen-bond acceptors (Lipinski definition) is 5. The lowest BCUT2D eigenvalue weighted by atomic mass is 9.96. The number of aryl methyl sites for hydroxylation is 1. The number of nitrogens with zero attached hydrogens (tertiary/aromatic N) is 4. The van der Waals surface area contributed by atoms with Gasteiger partial charge in [-0.1, -0.05) is 24.3 Å². The first-order chi connectivity index (χ1) is 13.0. The Bertz CT molecular complexity index is 712. The largest absolute Gasteiger partial charge is 0.354 e. The van der Waals surface area contributed by atoms with Crippen LogP contribution < -0.4 is 4.90 Å². The molecular weight excluding hydrogens is 352 g/mol. The molecule has 5 heteroatoms. The van der Waals surface area contributed by atoms with Gasteiger partial charge in [-0.25, -0.2) is 4.98 Å². The molecule has 1 aromatic carbocycles. The molecule has 1 atom stereocenters. The fourth-order valence-electron chi connectivity index (χ4n) is 4.02. The van der Waals surface area contributed by atoms with Crippen molar-refractivity contribution in [2.45, 2.75) is 32.7 Å². The Morgan fingerprint density at radius 2 is 2.04 bits per heavy atom. The second-order valence-corrected chi connectivity index (χ2v) is 9.28. The van der Waals surface area contributed by atoms with E-state index in [1.54, 1.807) is 11.3 Å². The van der Waals surface area contributed by atoms with Crippen molar-refractivity contribution in [1.29, 1.82) is 0 Å². The van der Waals surface area contributed by atoms with E-state index in [1.165, 1.54) is 61.4 Å². The van der Waals surface area contributed by atoms with E-state index in [0.717, 1.165) is 17.6 Å². The average molecular weight is 387 g/mol. The Labute approximate surface area is 168 Å². The Morgan fingerprint density at radius 3 is 2.78 bits per heavy atom. The lowest BCUT2D eigenvalue weighted by Crippen LogP contribution is -2.40. The summed E-state index contributed by atoms with van der Waals surface area (Å²) < 4.78 is 0. The third kappa shape index (κ3) is 6.03. The summed E-state index contributed by atoms with van der Waals surface area (Å²) in [5, 5.41) is 1.10. The van der Waals surface area contributed by atoms with Crippen LogP contribution in [0.3, 0.4) is 0 Å². The van der Waals surface area contributed by atoms with Crippen LogP contribution in [0.4, 0.5) is 5.13 Å². The molecule has 1 fully saturated rings. The Kier molecular flexibility index (Phi) is 7.27.